The number of carbonyl (C=O) groups is 2. The van der Waals surface area contributed by atoms with Crippen LogP contribution in [0.5, 0.6) is 0 Å². The molecule has 3 rings (SSSR count). The molecule has 0 bridgehead atoms. The van der Waals surface area contributed by atoms with E-state index in [4.69, 9.17) is 16.7 Å². The molecule has 0 radical (unpaired) electrons. The molecule has 2 N–H and O–H groups in total. The second-order valence-electron chi connectivity index (χ2n) is 5.37. The number of rotatable bonds is 4. The zero-order valence-corrected chi connectivity index (χ0v) is 11.0. The Morgan fingerprint density at radius 3 is 2.58 bits per heavy atom. The minimum atomic E-state index is -0.882. The maximum Gasteiger partial charge on any atom is 0.307 e. The van der Waals surface area contributed by atoms with Crippen LogP contribution < -0.4 is 5.32 Å². The zero-order chi connectivity index (χ0) is 13.6. The van der Waals surface area contributed by atoms with Crippen LogP contribution in [0.3, 0.4) is 0 Å². The van der Waals surface area contributed by atoms with Gasteiger partial charge in [0.05, 0.1) is 17.4 Å². The largest absolute Gasteiger partial charge is 0.481 e. The number of amides is 1. The van der Waals surface area contributed by atoms with Crippen LogP contribution >= 0.6 is 11.6 Å². The van der Waals surface area contributed by atoms with Gasteiger partial charge in [-0.25, -0.2) is 0 Å². The number of nitrogens with one attached hydrogen (secondary N) is 1. The second kappa shape index (κ2) is 4.23. The molecule has 2 saturated carbocycles. The molecule has 2 aliphatic rings. The lowest BCUT2D eigenvalue weighted by molar-refractivity contribution is -0.140. The van der Waals surface area contributed by atoms with Gasteiger partial charge in [0.25, 0.3) is 0 Å². The van der Waals surface area contributed by atoms with Crippen LogP contribution in [0.25, 0.3) is 0 Å². The molecule has 2 unspecified atom stereocenters. The van der Waals surface area contributed by atoms with Gasteiger partial charge in [-0.05, 0) is 37.0 Å². The van der Waals surface area contributed by atoms with E-state index >= 15 is 0 Å². The Kier molecular flexibility index (Phi) is 2.78. The Labute approximate surface area is 115 Å². The van der Waals surface area contributed by atoms with Gasteiger partial charge in [0.1, 0.15) is 0 Å². The lowest BCUT2D eigenvalue weighted by Gasteiger charge is -2.18. The lowest BCUT2D eigenvalue weighted by atomic mass is 10.0. The summed E-state index contributed by atoms with van der Waals surface area (Å²) in [6.45, 7) is 0. The van der Waals surface area contributed by atoms with Crippen LogP contribution in [-0.2, 0) is 15.1 Å². The van der Waals surface area contributed by atoms with E-state index in [-0.39, 0.29) is 17.4 Å². The zero-order valence-electron chi connectivity index (χ0n) is 10.2. The fraction of sp³-hybridized carbons (Fsp3) is 0.429. The van der Waals surface area contributed by atoms with E-state index in [0.29, 0.717) is 11.4 Å². The number of carboxylic acid groups (broad SMARTS) is 1. The molecule has 0 spiro atoms. The topological polar surface area (TPSA) is 66.4 Å². The monoisotopic (exact) mass is 279 g/mol. The van der Waals surface area contributed by atoms with E-state index < -0.39 is 11.9 Å². The fourth-order valence-corrected chi connectivity index (χ4v) is 2.67. The van der Waals surface area contributed by atoms with Gasteiger partial charge < -0.3 is 10.4 Å². The van der Waals surface area contributed by atoms with Gasteiger partial charge in [-0.2, -0.15) is 0 Å². The van der Waals surface area contributed by atoms with E-state index in [1.54, 1.807) is 6.07 Å². The Bertz CT molecular complexity index is 553. The van der Waals surface area contributed by atoms with Crippen LogP contribution in [0.2, 0.25) is 5.02 Å². The standard InChI is InChI=1S/C14H14ClNO3/c15-9-3-1-2-8(6-9)14(4-5-14)16-12(17)10-7-11(10)13(18)19/h1-3,6,10-11H,4-5,7H2,(H,16,17)(H,18,19). The van der Waals surface area contributed by atoms with Crippen molar-refractivity contribution in [2.45, 2.75) is 24.8 Å². The van der Waals surface area contributed by atoms with Crippen LogP contribution in [0.15, 0.2) is 24.3 Å². The van der Waals surface area contributed by atoms with Gasteiger partial charge in [-0.1, -0.05) is 23.7 Å². The third-order valence-corrected chi connectivity index (χ3v) is 4.17. The molecular weight excluding hydrogens is 266 g/mol. The van der Waals surface area contributed by atoms with E-state index in [2.05, 4.69) is 5.32 Å². The molecule has 1 aromatic rings. The van der Waals surface area contributed by atoms with E-state index in [9.17, 15) is 9.59 Å². The lowest BCUT2D eigenvalue weighted by Crippen LogP contribution is -2.36. The van der Waals surface area contributed by atoms with Gasteiger partial charge in [-0.15, -0.1) is 0 Å². The maximum atomic E-state index is 12.0. The van der Waals surface area contributed by atoms with Crippen molar-refractivity contribution in [3.05, 3.63) is 34.9 Å². The highest BCUT2D eigenvalue weighted by Crippen LogP contribution is 2.48. The van der Waals surface area contributed by atoms with Crippen molar-refractivity contribution in [2.24, 2.45) is 11.8 Å². The second-order valence-corrected chi connectivity index (χ2v) is 5.81. The SMILES string of the molecule is O=C(O)C1CC1C(=O)NC1(c2cccc(Cl)c2)CC1. The van der Waals surface area contributed by atoms with Crippen LogP contribution in [-0.4, -0.2) is 17.0 Å². The van der Waals surface area contributed by atoms with E-state index in [1.807, 2.05) is 18.2 Å². The van der Waals surface area contributed by atoms with Crippen molar-refractivity contribution in [2.75, 3.05) is 0 Å². The third-order valence-electron chi connectivity index (χ3n) is 3.93. The summed E-state index contributed by atoms with van der Waals surface area (Å²) in [6, 6.07) is 7.46. The van der Waals surface area contributed by atoms with Crippen molar-refractivity contribution >= 4 is 23.5 Å². The number of benzene rings is 1. The molecule has 19 heavy (non-hydrogen) atoms. The smallest absolute Gasteiger partial charge is 0.307 e. The summed E-state index contributed by atoms with van der Waals surface area (Å²) in [4.78, 5) is 22.8. The molecule has 2 fully saturated rings. The van der Waals surface area contributed by atoms with E-state index in [0.717, 1.165) is 18.4 Å². The number of hydrogen-bond donors (Lipinski definition) is 2. The maximum absolute atomic E-state index is 12.0. The molecule has 1 aromatic carbocycles. The number of carbonyl (C=O) groups excluding carboxylic acids is 1. The molecule has 100 valence electrons. The summed E-state index contributed by atoms with van der Waals surface area (Å²) in [5.41, 5.74) is 0.675. The third kappa shape index (κ3) is 2.32. The molecule has 0 aromatic heterocycles. The summed E-state index contributed by atoms with van der Waals surface area (Å²) in [6.07, 6.45) is 2.21. The summed E-state index contributed by atoms with van der Waals surface area (Å²) in [5, 5.41) is 12.5. The number of halogens is 1. The molecule has 0 heterocycles. The molecule has 1 amide bonds. The highest BCUT2D eigenvalue weighted by molar-refractivity contribution is 6.30. The first-order valence-corrected chi connectivity index (χ1v) is 6.70. The first-order chi connectivity index (χ1) is 9.02. The highest BCUT2D eigenvalue weighted by atomic mass is 35.5. The number of carboxylic acids is 1. The Hall–Kier alpha value is -1.55. The van der Waals surface area contributed by atoms with Crippen molar-refractivity contribution < 1.29 is 14.7 Å². The molecular formula is C14H14ClNO3. The summed E-state index contributed by atoms with van der Waals surface area (Å²) in [5.74, 6) is -1.90. The Morgan fingerprint density at radius 1 is 1.32 bits per heavy atom. The summed E-state index contributed by atoms with van der Waals surface area (Å²) < 4.78 is 0. The predicted molar refractivity (Wildman–Crippen MR) is 69.7 cm³/mol. The van der Waals surface area contributed by atoms with Gasteiger partial charge in [0.15, 0.2) is 0 Å². The van der Waals surface area contributed by atoms with Gasteiger partial charge in [0.2, 0.25) is 5.91 Å². The number of hydrogen-bond acceptors (Lipinski definition) is 2. The minimum absolute atomic E-state index is 0.148. The first-order valence-electron chi connectivity index (χ1n) is 6.33. The molecule has 5 heteroatoms. The van der Waals surface area contributed by atoms with Crippen LogP contribution in [0.4, 0.5) is 0 Å². The van der Waals surface area contributed by atoms with Crippen LogP contribution in [0, 0.1) is 11.8 Å². The van der Waals surface area contributed by atoms with Crippen molar-refractivity contribution in [3.8, 4) is 0 Å². The molecule has 0 saturated heterocycles. The summed E-state index contributed by atoms with van der Waals surface area (Å²) in [7, 11) is 0. The van der Waals surface area contributed by atoms with Gasteiger partial charge >= 0.3 is 5.97 Å². The summed E-state index contributed by atoms with van der Waals surface area (Å²) >= 11 is 5.96. The average molecular weight is 280 g/mol. The van der Waals surface area contributed by atoms with E-state index in [1.165, 1.54) is 0 Å². The molecule has 4 nitrogen and oxygen atoms in total. The molecule has 2 aliphatic carbocycles. The Balaban J connectivity index is 1.70. The first kappa shape index (κ1) is 12.5. The quantitative estimate of drug-likeness (QED) is 0.888. The number of aliphatic carboxylic acids is 1. The fourth-order valence-electron chi connectivity index (χ4n) is 2.48. The predicted octanol–water partition coefficient (Wildman–Crippen LogP) is 2.17. The average Bonchev–Trinajstić information content (AvgIpc) is 3.23. The van der Waals surface area contributed by atoms with Gasteiger partial charge in [-0.3, -0.25) is 9.59 Å². The minimum Gasteiger partial charge on any atom is -0.481 e. The molecule has 2 atom stereocenters. The van der Waals surface area contributed by atoms with Crippen LogP contribution in [0.1, 0.15) is 24.8 Å². The molecule has 0 aliphatic heterocycles. The van der Waals surface area contributed by atoms with Gasteiger partial charge in [0, 0.05) is 5.02 Å². The normalized spacial score (nSPS) is 26.6. The van der Waals surface area contributed by atoms with Crippen molar-refractivity contribution in [1.29, 1.82) is 0 Å². The van der Waals surface area contributed by atoms with Crippen molar-refractivity contribution in [3.63, 3.8) is 0 Å². The van der Waals surface area contributed by atoms with Crippen molar-refractivity contribution in [1.82, 2.24) is 5.32 Å². The highest BCUT2D eigenvalue weighted by Gasteiger charge is 2.53. The Morgan fingerprint density at radius 2 is 2.05 bits per heavy atom.